The number of rotatable bonds is 6. The summed E-state index contributed by atoms with van der Waals surface area (Å²) in [5.41, 5.74) is 2.95. The summed E-state index contributed by atoms with van der Waals surface area (Å²) in [6.07, 6.45) is 5.31. The van der Waals surface area contributed by atoms with Gasteiger partial charge in [0.25, 0.3) is 5.91 Å². The summed E-state index contributed by atoms with van der Waals surface area (Å²) >= 11 is 1.83. The molecular formula is C25H26N4OS. The number of likely N-dealkylation sites (N-methyl/N-ethyl adjacent to an activating group) is 1. The molecule has 31 heavy (non-hydrogen) atoms. The maximum atomic E-state index is 13.2. The van der Waals surface area contributed by atoms with Crippen LogP contribution in [0, 0.1) is 0 Å². The van der Waals surface area contributed by atoms with Crippen molar-refractivity contribution in [3.63, 3.8) is 0 Å². The van der Waals surface area contributed by atoms with Gasteiger partial charge in [-0.15, -0.1) is 11.3 Å². The fourth-order valence-corrected chi connectivity index (χ4v) is 5.34. The number of fused-ring (bicyclic) bond motifs is 2. The number of aromatic amines is 1. The largest absolute Gasteiger partial charge is 0.384 e. The zero-order chi connectivity index (χ0) is 21.2. The summed E-state index contributed by atoms with van der Waals surface area (Å²) in [7, 11) is 0. The normalized spacial score (nSPS) is 16.4. The number of aromatic nitrogens is 2. The number of benzene rings is 2. The third kappa shape index (κ3) is 4.08. The summed E-state index contributed by atoms with van der Waals surface area (Å²) in [6, 6.07) is 18.6. The molecule has 5 rings (SSSR count). The van der Waals surface area contributed by atoms with E-state index in [1.165, 1.54) is 20.7 Å². The average molecular weight is 431 g/mol. The quantitative estimate of drug-likeness (QED) is 0.427. The van der Waals surface area contributed by atoms with Gasteiger partial charge in [0.1, 0.15) is 0 Å². The van der Waals surface area contributed by atoms with Crippen molar-refractivity contribution < 1.29 is 4.79 Å². The van der Waals surface area contributed by atoms with Gasteiger partial charge in [-0.3, -0.25) is 4.79 Å². The molecule has 0 radical (unpaired) electrons. The first-order valence-corrected chi connectivity index (χ1v) is 11.7. The van der Waals surface area contributed by atoms with Gasteiger partial charge >= 0.3 is 0 Å². The topological polar surface area (TPSA) is 61.0 Å². The highest BCUT2D eigenvalue weighted by molar-refractivity contribution is 7.19. The molecule has 0 bridgehead atoms. The van der Waals surface area contributed by atoms with Gasteiger partial charge in [0.15, 0.2) is 5.82 Å². The molecule has 158 valence electrons. The Bertz CT molecular complexity index is 1190. The number of imidazole rings is 1. The molecule has 0 spiro atoms. The van der Waals surface area contributed by atoms with Gasteiger partial charge in [-0.05, 0) is 61.9 Å². The van der Waals surface area contributed by atoms with Crippen molar-refractivity contribution in [1.29, 1.82) is 0 Å². The van der Waals surface area contributed by atoms with Crippen molar-refractivity contribution in [1.82, 2.24) is 20.2 Å². The van der Waals surface area contributed by atoms with Crippen LogP contribution in [-0.2, 0) is 6.54 Å². The molecule has 1 aliphatic rings. The van der Waals surface area contributed by atoms with E-state index in [-0.39, 0.29) is 11.9 Å². The van der Waals surface area contributed by atoms with Crippen LogP contribution in [0.15, 0.2) is 66.4 Å². The van der Waals surface area contributed by atoms with Crippen LogP contribution >= 0.6 is 11.3 Å². The van der Waals surface area contributed by atoms with Crippen molar-refractivity contribution in [2.45, 2.75) is 38.8 Å². The van der Waals surface area contributed by atoms with Gasteiger partial charge in [-0.1, -0.05) is 30.3 Å². The summed E-state index contributed by atoms with van der Waals surface area (Å²) < 4.78 is 1.32. The van der Waals surface area contributed by atoms with E-state index >= 15 is 0 Å². The van der Waals surface area contributed by atoms with Crippen molar-refractivity contribution in [2.24, 2.45) is 0 Å². The fourth-order valence-electron chi connectivity index (χ4n) is 4.34. The number of thiophene rings is 1. The Morgan fingerprint density at radius 2 is 2.06 bits per heavy atom. The molecule has 6 heteroatoms. The second-order valence-corrected chi connectivity index (χ2v) is 9.12. The molecule has 2 aromatic carbocycles. The summed E-state index contributed by atoms with van der Waals surface area (Å²) in [4.78, 5) is 24.2. The van der Waals surface area contributed by atoms with Crippen LogP contribution in [0.5, 0.6) is 0 Å². The van der Waals surface area contributed by atoms with Crippen LogP contribution in [0.25, 0.3) is 21.1 Å². The van der Waals surface area contributed by atoms with Crippen LogP contribution in [0.4, 0.5) is 0 Å². The Hall–Kier alpha value is -3.12. The molecular weight excluding hydrogens is 404 g/mol. The predicted octanol–water partition coefficient (Wildman–Crippen LogP) is 5.47. The zero-order valence-corrected chi connectivity index (χ0v) is 18.4. The lowest BCUT2D eigenvalue weighted by Gasteiger charge is -2.32. The maximum absolute atomic E-state index is 13.2. The molecule has 0 aliphatic heterocycles. The summed E-state index contributed by atoms with van der Waals surface area (Å²) in [5.74, 6) is 0.382. The van der Waals surface area contributed by atoms with E-state index in [1.807, 2.05) is 47.4 Å². The molecule has 1 atom stereocenters. The molecule has 2 aromatic heterocycles. The number of carbonyl (C=O) groups excluding carboxylic acids is 1. The standard InChI is InChI=1S/C25H26N4OS/c1-2-29(25(30)24-27-21-11-4-5-12-22(21)28-24)19-10-7-9-18(15-19)26-16-20-14-17-8-3-6-13-23(17)31-20/h3-6,8,11-15,19,26H,2,7,9-10,16H2,1H3,(H,27,28)/t19-/m0/s1. The van der Waals surface area contributed by atoms with Crippen molar-refractivity contribution in [2.75, 3.05) is 6.54 Å². The Kier molecular flexibility index (Phi) is 5.47. The van der Waals surface area contributed by atoms with E-state index in [4.69, 9.17) is 0 Å². The van der Waals surface area contributed by atoms with Gasteiger partial charge in [-0.2, -0.15) is 0 Å². The highest BCUT2D eigenvalue weighted by Crippen LogP contribution is 2.27. The minimum Gasteiger partial charge on any atom is -0.384 e. The van der Waals surface area contributed by atoms with E-state index in [0.29, 0.717) is 12.4 Å². The predicted molar refractivity (Wildman–Crippen MR) is 127 cm³/mol. The van der Waals surface area contributed by atoms with Crippen LogP contribution in [0.1, 0.15) is 41.7 Å². The molecule has 2 heterocycles. The fraction of sp³-hybridized carbons (Fsp3) is 0.280. The van der Waals surface area contributed by atoms with Crippen molar-refractivity contribution in [3.05, 3.63) is 77.1 Å². The highest BCUT2D eigenvalue weighted by atomic mass is 32.1. The van der Waals surface area contributed by atoms with E-state index in [9.17, 15) is 4.79 Å². The SMILES string of the molecule is CCN(C(=O)c1nc2ccccc2[nH]1)[C@@H]1C=C(NCc2cc3ccccc3s2)CCC1. The summed E-state index contributed by atoms with van der Waals surface area (Å²) in [6.45, 7) is 3.51. The minimum absolute atomic E-state index is 0.0364. The smallest absolute Gasteiger partial charge is 0.290 e. The molecule has 0 saturated heterocycles. The molecule has 0 fully saturated rings. The lowest BCUT2D eigenvalue weighted by Crippen LogP contribution is -2.41. The molecule has 2 N–H and O–H groups in total. The van der Waals surface area contributed by atoms with Crippen LogP contribution in [0.3, 0.4) is 0 Å². The Labute approximate surface area is 185 Å². The number of nitrogens with zero attached hydrogens (tertiary/aromatic N) is 2. The number of para-hydroxylation sites is 2. The first-order valence-electron chi connectivity index (χ1n) is 10.9. The van der Waals surface area contributed by atoms with Gasteiger partial charge < -0.3 is 15.2 Å². The second kappa shape index (κ2) is 8.55. The lowest BCUT2D eigenvalue weighted by atomic mass is 9.98. The van der Waals surface area contributed by atoms with Gasteiger partial charge in [0.2, 0.25) is 0 Å². The monoisotopic (exact) mass is 430 g/mol. The zero-order valence-electron chi connectivity index (χ0n) is 17.6. The maximum Gasteiger partial charge on any atom is 0.290 e. The highest BCUT2D eigenvalue weighted by Gasteiger charge is 2.26. The van der Waals surface area contributed by atoms with Crippen LogP contribution in [-0.4, -0.2) is 33.4 Å². The van der Waals surface area contributed by atoms with E-state index in [0.717, 1.165) is 36.8 Å². The molecule has 0 unspecified atom stereocenters. The molecule has 1 amide bonds. The lowest BCUT2D eigenvalue weighted by molar-refractivity contribution is 0.0700. The Morgan fingerprint density at radius 1 is 1.23 bits per heavy atom. The van der Waals surface area contributed by atoms with Crippen LogP contribution < -0.4 is 5.32 Å². The number of hydrogen-bond acceptors (Lipinski definition) is 4. The molecule has 1 aliphatic carbocycles. The number of H-pyrrole nitrogens is 1. The van der Waals surface area contributed by atoms with Crippen LogP contribution in [0.2, 0.25) is 0 Å². The van der Waals surface area contributed by atoms with E-state index in [2.05, 4.69) is 51.7 Å². The van der Waals surface area contributed by atoms with Gasteiger partial charge in [0.05, 0.1) is 17.1 Å². The first-order chi connectivity index (χ1) is 15.2. The number of carbonyl (C=O) groups is 1. The average Bonchev–Trinajstić information content (AvgIpc) is 3.42. The minimum atomic E-state index is -0.0364. The first kappa shape index (κ1) is 19.8. The number of allylic oxidation sites excluding steroid dienone is 1. The number of amides is 1. The van der Waals surface area contributed by atoms with E-state index in [1.54, 1.807) is 0 Å². The Balaban J connectivity index is 1.30. The number of hydrogen-bond donors (Lipinski definition) is 2. The van der Waals surface area contributed by atoms with Crippen molar-refractivity contribution in [3.8, 4) is 0 Å². The summed E-state index contributed by atoms with van der Waals surface area (Å²) in [5, 5.41) is 4.92. The molecule has 0 saturated carbocycles. The Morgan fingerprint density at radius 3 is 2.90 bits per heavy atom. The third-order valence-electron chi connectivity index (χ3n) is 5.90. The molecule has 4 aromatic rings. The number of nitrogens with one attached hydrogen (secondary N) is 2. The second-order valence-electron chi connectivity index (χ2n) is 7.95. The van der Waals surface area contributed by atoms with Gasteiger partial charge in [0, 0.05) is 28.4 Å². The third-order valence-corrected chi connectivity index (χ3v) is 7.02. The molecule has 5 nitrogen and oxygen atoms in total. The van der Waals surface area contributed by atoms with E-state index < -0.39 is 0 Å². The van der Waals surface area contributed by atoms with Gasteiger partial charge in [-0.25, -0.2) is 4.98 Å². The van der Waals surface area contributed by atoms with Crippen molar-refractivity contribution >= 4 is 38.4 Å².